The maximum Gasteiger partial charge on any atom is 0.260 e. The van der Waals surface area contributed by atoms with Crippen molar-refractivity contribution in [2.45, 2.75) is 19.9 Å². The fraction of sp³-hybridized carbons (Fsp3) is 0.529. The van der Waals surface area contributed by atoms with Gasteiger partial charge in [0, 0.05) is 31.2 Å². The molecule has 0 spiro atoms. The molecule has 0 aromatic heterocycles. The van der Waals surface area contributed by atoms with E-state index in [2.05, 4.69) is 11.0 Å². The van der Waals surface area contributed by atoms with Crippen molar-refractivity contribution in [3.63, 3.8) is 0 Å². The minimum absolute atomic E-state index is 0.0623. The summed E-state index contributed by atoms with van der Waals surface area (Å²) in [6.07, 6.45) is 0. The molecule has 130 valence electrons. The van der Waals surface area contributed by atoms with Crippen LogP contribution in [0, 0.1) is 17.2 Å². The lowest BCUT2D eigenvalue weighted by Crippen LogP contribution is -2.53. The van der Waals surface area contributed by atoms with E-state index in [1.54, 1.807) is 23.1 Å². The Morgan fingerprint density at radius 1 is 1.29 bits per heavy atom. The van der Waals surface area contributed by atoms with E-state index in [0.29, 0.717) is 42.0 Å². The number of nitrogens with zero attached hydrogens (tertiary/aromatic N) is 3. The van der Waals surface area contributed by atoms with E-state index in [-0.39, 0.29) is 24.5 Å². The van der Waals surface area contributed by atoms with Crippen LogP contribution in [0.25, 0.3) is 0 Å². The van der Waals surface area contributed by atoms with Gasteiger partial charge in [-0.05, 0) is 24.1 Å². The first-order chi connectivity index (χ1) is 11.4. The lowest BCUT2D eigenvalue weighted by Gasteiger charge is -2.38. The molecule has 0 radical (unpaired) electrons. The molecule has 1 unspecified atom stereocenters. The monoisotopic (exact) mass is 369 g/mol. The number of piperazine rings is 1. The van der Waals surface area contributed by atoms with Crippen LogP contribution in [0.1, 0.15) is 13.8 Å². The highest BCUT2D eigenvalue weighted by atomic mass is 35.5. The molecule has 1 atom stereocenters. The minimum atomic E-state index is -0.105. The average Bonchev–Trinajstić information content (AvgIpc) is 2.54. The van der Waals surface area contributed by atoms with Crippen LogP contribution < -0.4 is 4.74 Å². The van der Waals surface area contributed by atoms with Crippen LogP contribution in [-0.4, -0.2) is 54.5 Å². The summed E-state index contributed by atoms with van der Waals surface area (Å²) in [4.78, 5) is 16.2. The number of amides is 1. The highest BCUT2D eigenvalue weighted by Crippen LogP contribution is 2.27. The van der Waals surface area contributed by atoms with Gasteiger partial charge >= 0.3 is 0 Å². The number of nitriles is 1. The highest BCUT2D eigenvalue weighted by Gasteiger charge is 2.27. The molecule has 1 aromatic carbocycles. The Balaban J connectivity index is 1.84. The predicted molar refractivity (Wildman–Crippen MR) is 94.3 cm³/mol. The van der Waals surface area contributed by atoms with E-state index < -0.39 is 0 Å². The molecule has 0 bridgehead atoms. The first-order valence-electron chi connectivity index (χ1n) is 7.91. The van der Waals surface area contributed by atoms with Crippen molar-refractivity contribution in [3.8, 4) is 11.8 Å². The number of halogens is 2. The second-order valence-corrected chi connectivity index (χ2v) is 6.94. The van der Waals surface area contributed by atoms with Gasteiger partial charge < -0.3 is 9.64 Å². The second-order valence-electron chi connectivity index (χ2n) is 6.10. The molecule has 1 aromatic rings. The van der Waals surface area contributed by atoms with E-state index in [9.17, 15) is 10.1 Å². The molecule has 7 heteroatoms. The van der Waals surface area contributed by atoms with Gasteiger partial charge in [-0.3, -0.25) is 9.69 Å². The summed E-state index contributed by atoms with van der Waals surface area (Å²) < 4.78 is 5.49. The summed E-state index contributed by atoms with van der Waals surface area (Å²) in [6.45, 7) is 6.61. The van der Waals surface area contributed by atoms with Crippen molar-refractivity contribution in [2.75, 3.05) is 32.8 Å². The number of hydrogen-bond acceptors (Lipinski definition) is 4. The number of hydrogen-bond donors (Lipinski definition) is 0. The Labute approximate surface area is 152 Å². The fourth-order valence-corrected chi connectivity index (χ4v) is 3.19. The molecule has 24 heavy (non-hydrogen) atoms. The summed E-state index contributed by atoms with van der Waals surface area (Å²) in [5.41, 5.74) is 0. The summed E-state index contributed by atoms with van der Waals surface area (Å²) in [7, 11) is 0. The van der Waals surface area contributed by atoms with Crippen molar-refractivity contribution < 1.29 is 9.53 Å². The Bertz CT molecular complexity index is 623. The quantitative estimate of drug-likeness (QED) is 0.800. The minimum Gasteiger partial charge on any atom is -0.482 e. The number of benzene rings is 1. The van der Waals surface area contributed by atoms with E-state index in [1.807, 2.05) is 13.8 Å². The molecule has 1 heterocycles. The zero-order valence-electron chi connectivity index (χ0n) is 13.8. The molecular formula is C17H21Cl2N3O2. The standard InChI is InChI=1S/C17H21Cl2N3O2/c1-12(2)15(10-20)21-5-7-22(8-6-21)17(23)11-24-16-4-3-13(18)9-14(16)19/h3-4,9,12,15H,5-8,11H2,1-2H3. The normalized spacial score (nSPS) is 16.8. The van der Waals surface area contributed by atoms with Crippen LogP contribution in [-0.2, 0) is 4.79 Å². The third-order valence-corrected chi connectivity index (χ3v) is 4.60. The molecular weight excluding hydrogens is 349 g/mol. The third kappa shape index (κ3) is 4.76. The maximum absolute atomic E-state index is 12.3. The van der Waals surface area contributed by atoms with Gasteiger partial charge in [0.25, 0.3) is 5.91 Å². The zero-order valence-corrected chi connectivity index (χ0v) is 15.3. The molecule has 0 saturated carbocycles. The van der Waals surface area contributed by atoms with Crippen LogP contribution in [0.15, 0.2) is 18.2 Å². The van der Waals surface area contributed by atoms with Gasteiger partial charge in [0.05, 0.1) is 11.1 Å². The summed E-state index contributed by atoms with van der Waals surface area (Å²) in [5, 5.41) is 10.2. The smallest absolute Gasteiger partial charge is 0.260 e. The number of carbonyl (C=O) groups is 1. The highest BCUT2D eigenvalue weighted by molar-refractivity contribution is 6.35. The van der Waals surface area contributed by atoms with Crippen molar-refractivity contribution in [2.24, 2.45) is 5.92 Å². The molecule has 2 rings (SSSR count). The van der Waals surface area contributed by atoms with Crippen molar-refractivity contribution in [3.05, 3.63) is 28.2 Å². The van der Waals surface area contributed by atoms with Gasteiger partial charge in [0.2, 0.25) is 0 Å². The second kappa shape index (κ2) is 8.57. The molecule has 1 aliphatic heterocycles. The molecule has 1 saturated heterocycles. The lowest BCUT2D eigenvalue weighted by molar-refractivity contribution is -0.135. The summed E-state index contributed by atoms with van der Waals surface area (Å²) in [5.74, 6) is 0.628. The predicted octanol–water partition coefficient (Wildman–Crippen LogP) is 3.06. The Morgan fingerprint density at radius 2 is 1.96 bits per heavy atom. The van der Waals surface area contributed by atoms with Crippen molar-refractivity contribution in [1.82, 2.24) is 9.80 Å². The lowest BCUT2D eigenvalue weighted by atomic mass is 10.0. The first-order valence-corrected chi connectivity index (χ1v) is 8.67. The van der Waals surface area contributed by atoms with E-state index in [0.717, 1.165) is 0 Å². The third-order valence-electron chi connectivity index (χ3n) is 4.07. The molecule has 1 amide bonds. The van der Waals surface area contributed by atoms with Gasteiger partial charge in [0.1, 0.15) is 11.8 Å². The summed E-state index contributed by atoms with van der Waals surface area (Å²) in [6, 6.07) is 7.13. The Hall–Kier alpha value is -1.48. The number of rotatable bonds is 5. The summed E-state index contributed by atoms with van der Waals surface area (Å²) >= 11 is 11.9. The molecule has 1 aliphatic rings. The fourth-order valence-electron chi connectivity index (χ4n) is 2.72. The van der Waals surface area contributed by atoms with Crippen LogP contribution >= 0.6 is 23.2 Å². The van der Waals surface area contributed by atoms with Crippen LogP contribution in [0.3, 0.4) is 0 Å². The molecule has 1 fully saturated rings. The van der Waals surface area contributed by atoms with Gasteiger partial charge in [-0.15, -0.1) is 0 Å². The van der Waals surface area contributed by atoms with Crippen molar-refractivity contribution in [1.29, 1.82) is 5.26 Å². The Morgan fingerprint density at radius 3 is 2.50 bits per heavy atom. The first kappa shape index (κ1) is 18.9. The SMILES string of the molecule is CC(C)C(C#N)N1CCN(C(=O)COc2ccc(Cl)cc2Cl)CC1. The van der Waals surface area contributed by atoms with E-state index in [4.69, 9.17) is 27.9 Å². The van der Waals surface area contributed by atoms with Gasteiger partial charge in [-0.2, -0.15) is 5.26 Å². The van der Waals surface area contributed by atoms with Crippen LogP contribution in [0.4, 0.5) is 0 Å². The number of carbonyl (C=O) groups excluding carboxylic acids is 1. The topological polar surface area (TPSA) is 56.6 Å². The molecule has 5 nitrogen and oxygen atoms in total. The average molecular weight is 370 g/mol. The van der Waals surface area contributed by atoms with Crippen LogP contribution in [0.2, 0.25) is 10.0 Å². The van der Waals surface area contributed by atoms with E-state index >= 15 is 0 Å². The largest absolute Gasteiger partial charge is 0.482 e. The van der Waals surface area contributed by atoms with Crippen LogP contribution in [0.5, 0.6) is 5.75 Å². The molecule has 0 aliphatic carbocycles. The van der Waals surface area contributed by atoms with E-state index in [1.165, 1.54) is 0 Å². The van der Waals surface area contributed by atoms with Gasteiger partial charge in [0.15, 0.2) is 6.61 Å². The van der Waals surface area contributed by atoms with Gasteiger partial charge in [-0.25, -0.2) is 0 Å². The maximum atomic E-state index is 12.3. The molecule has 0 N–H and O–H groups in total. The zero-order chi connectivity index (χ0) is 17.7. The Kier molecular flexibility index (Phi) is 6.73. The number of ether oxygens (including phenoxy) is 1. The van der Waals surface area contributed by atoms with Gasteiger partial charge in [-0.1, -0.05) is 37.0 Å². The van der Waals surface area contributed by atoms with Crippen molar-refractivity contribution >= 4 is 29.1 Å².